The van der Waals surface area contributed by atoms with E-state index in [1.165, 1.54) is 4.68 Å². The average molecular weight is 735 g/mol. The largest absolute Gasteiger partial charge is 0.494 e. The van der Waals surface area contributed by atoms with Crippen LogP contribution in [0.25, 0.3) is 22.3 Å². The van der Waals surface area contributed by atoms with Crippen LogP contribution < -0.4 is 15.0 Å². The predicted octanol–water partition coefficient (Wildman–Crippen LogP) is 7.77. The molecule has 0 aliphatic rings. The van der Waals surface area contributed by atoms with Crippen LogP contribution in [0.5, 0.6) is 11.5 Å². The van der Waals surface area contributed by atoms with Crippen LogP contribution in [0.3, 0.4) is 0 Å². The molecule has 3 aromatic carbocycles. The van der Waals surface area contributed by atoms with Crippen molar-refractivity contribution in [1.29, 1.82) is 0 Å². The maximum atomic E-state index is 13.7. The third-order valence-corrected chi connectivity index (χ3v) is 7.57. The quantitative estimate of drug-likeness (QED) is 0.137. The number of aryl methyl sites for hydroxylation is 1. The van der Waals surface area contributed by atoms with Crippen LogP contribution in [0.15, 0.2) is 58.4 Å². The maximum Gasteiger partial charge on any atom is 0.282 e. The van der Waals surface area contributed by atoms with E-state index < -0.39 is 0 Å². The lowest BCUT2D eigenvalue weighted by molar-refractivity contribution is 0.239. The first-order valence-corrected chi connectivity index (χ1v) is 14.8. The van der Waals surface area contributed by atoms with Gasteiger partial charge < -0.3 is 9.47 Å². The third-order valence-electron chi connectivity index (χ3n) is 5.97. The van der Waals surface area contributed by atoms with Crippen LogP contribution in [0.2, 0.25) is 0 Å². The highest BCUT2D eigenvalue weighted by molar-refractivity contribution is 14.1. The normalized spacial score (nSPS) is 11.7. The predicted molar refractivity (Wildman–Crippen MR) is 172 cm³/mol. The highest BCUT2D eigenvalue weighted by Gasteiger charge is 2.19. The number of nitrogens with zero attached hydrogens (tertiary/aromatic N) is 3. The van der Waals surface area contributed by atoms with E-state index in [1.807, 2.05) is 64.1 Å². The van der Waals surface area contributed by atoms with Gasteiger partial charge in [-0.1, -0.05) is 26.0 Å². The first kappa shape index (κ1) is 28.5. The van der Waals surface area contributed by atoms with Crippen molar-refractivity contribution in [3.05, 3.63) is 82.7 Å². The summed E-state index contributed by atoms with van der Waals surface area (Å²) >= 11 is 4.55. The minimum Gasteiger partial charge on any atom is -0.494 e. The summed E-state index contributed by atoms with van der Waals surface area (Å²) in [5.41, 5.74) is 4.16. The van der Waals surface area contributed by atoms with E-state index in [4.69, 9.17) is 14.5 Å². The van der Waals surface area contributed by atoms with Crippen molar-refractivity contribution >= 4 is 62.3 Å². The number of halogens is 2. The Morgan fingerprint density at radius 2 is 1.74 bits per heavy atom. The number of hydrogen-bond acceptors (Lipinski definition) is 5. The number of aromatic nitrogens is 2. The fourth-order valence-electron chi connectivity index (χ4n) is 4.20. The minimum absolute atomic E-state index is 0.0782. The van der Waals surface area contributed by atoms with E-state index in [9.17, 15) is 4.79 Å². The molecule has 0 amide bonds. The van der Waals surface area contributed by atoms with Gasteiger partial charge in [-0.2, -0.15) is 9.78 Å². The fraction of sp³-hybridized carbons (Fsp3) is 0.300. The number of benzene rings is 3. The first-order chi connectivity index (χ1) is 18.1. The highest BCUT2D eigenvalue weighted by atomic mass is 127. The van der Waals surface area contributed by atoms with Gasteiger partial charge in [0, 0.05) is 5.56 Å². The van der Waals surface area contributed by atoms with E-state index in [0.717, 1.165) is 40.9 Å². The molecule has 0 unspecified atom stereocenters. The lowest BCUT2D eigenvalue weighted by Crippen LogP contribution is -2.21. The molecule has 0 spiro atoms. The molecule has 4 rings (SSSR count). The van der Waals surface area contributed by atoms with E-state index in [0.29, 0.717) is 23.3 Å². The summed E-state index contributed by atoms with van der Waals surface area (Å²) in [6, 6.07) is 15.5. The lowest BCUT2D eigenvalue weighted by Gasteiger charge is -2.18. The van der Waals surface area contributed by atoms with E-state index in [-0.39, 0.29) is 17.6 Å². The number of para-hydroxylation sites is 1. The van der Waals surface area contributed by atoms with Crippen LogP contribution in [0.4, 0.5) is 0 Å². The molecule has 198 valence electrons. The molecule has 0 saturated heterocycles. The van der Waals surface area contributed by atoms with Crippen LogP contribution in [0.1, 0.15) is 57.2 Å². The molecule has 0 N–H and O–H groups in total. The van der Waals surface area contributed by atoms with Crippen molar-refractivity contribution in [1.82, 2.24) is 9.66 Å². The Morgan fingerprint density at radius 1 is 1.05 bits per heavy atom. The van der Waals surface area contributed by atoms with Crippen molar-refractivity contribution in [3.8, 4) is 22.9 Å². The maximum absolute atomic E-state index is 13.7. The lowest BCUT2D eigenvalue weighted by atomic mass is 9.96. The molecule has 0 aliphatic carbocycles. The van der Waals surface area contributed by atoms with Gasteiger partial charge in [0.15, 0.2) is 5.82 Å². The second-order valence-electron chi connectivity index (χ2n) is 9.59. The summed E-state index contributed by atoms with van der Waals surface area (Å²) in [6.07, 6.45) is 1.78. The van der Waals surface area contributed by atoms with Gasteiger partial charge in [0.25, 0.3) is 5.56 Å². The van der Waals surface area contributed by atoms with Crippen LogP contribution >= 0.6 is 45.2 Å². The number of hydrogen-bond donors (Lipinski definition) is 0. The summed E-state index contributed by atoms with van der Waals surface area (Å²) in [7, 11) is 0. The number of ether oxygens (including phenoxy) is 2. The van der Waals surface area contributed by atoms with Crippen molar-refractivity contribution in [2.24, 2.45) is 5.10 Å². The average Bonchev–Trinajstić information content (AvgIpc) is 2.85. The van der Waals surface area contributed by atoms with Gasteiger partial charge in [0.1, 0.15) is 11.5 Å². The third kappa shape index (κ3) is 6.06. The molecule has 0 bridgehead atoms. The molecule has 38 heavy (non-hydrogen) atoms. The summed E-state index contributed by atoms with van der Waals surface area (Å²) in [5, 5.41) is 5.21. The molecular formula is C30H31I2N3O3. The smallest absolute Gasteiger partial charge is 0.282 e. The van der Waals surface area contributed by atoms with Gasteiger partial charge in [-0.05, 0) is 132 Å². The summed E-state index contributed by atoms with van der Waals surface area (Å²) in [5.74, 6) is 2.44. The van der Waals surface area contributed by atoms with Crippen LogP contribution in [0, 0.1) is 14.1 Å². The van der Waals surface area contributed by atoms with Crippen molar-refractivity contribution in [2.75, 3.05) is 6.61 Å². The van der Waals surface area contributed by atoms with Gasteiger partial charge in [0.05, 0.1) is 37.0 Å². The number of fused-ring (bicyclic) bond motifs is 1. The zero-order valence-electron chi connectivity index (χ0n) is 22.4. The molecule has 0 radical (unpaired) electrons. The topological polar surface area (TPSA) is 65.7 Å². The SMILES string of the molecule is CCOc1cc(C)c(-c2nc3ccccc3c(=O)n2N=Cc2cc(I)c(OC(C)C)c(I)c2)cc1C(C)C. The molecule has 1 aromatic heterocycles. The van der Waals surface area contributed by atoms with Gasteiger partial charge >= 0.3 is 0 Å². The zero-order valence-corrected chi connectivity index (χ0v) is 26.7. The molecule has 0 saturated carbocycles. The van der Waals surface area contributed by atoms with Gasteiger partial charge in [-0.25, -0.2) is 4.98 Å². The van der Waals surface area contributed by atoms with Gasteiger partial charge in [0.2, 0.25) is 0 Å². The Morgan fingerprint density at radius 3 is 2.37 bits per heavy atom. The molecule has 6 nitrogen and oxygen atoms in total. The minimum atomic E-state index is -0.217. The highest BCUT2D eigenvalue weighted by Crippen LogP contribution is 2.34. The summed E-state index contributed by atoms with van der Waals surface area (Å²) in [6.45, 7) is 12.9. The Hall–Kier alpha value is -2.47. The second-order valence-corrected chi connectivity index (χ2v) is 11.9. The van der Waals surface area contributed by atoms with E-state index >= 15 is 0 Å². The Balaban J connectivity index is 1.92. The Labute approximate surface area is 250 Å². The molecule has 0 aliphatic heterocycles. The molecule has 0 atom stereocenters. The van der Waals surface area contributed by atoms with Gasteiger partial charge in [-0.3, -0.25) is 4.79 Å². The van der Waals surface area contributed by atoms with E-state index in [2.05, 4.69) is 70.2 Å². The molecule has 4 aromatic rings. The van der Waals surface area contributed by atoms with Crippen molar-refractivity contribution in [3.63, 3.8) is 0 Å². The van der Waals surface area contributed by atoms with Crippen LogP contribution in [-0.4, -0.2) is 28.6 Å². The van der Waals surface area contributed by atoms with Crippen LogP contribution in [-0.2, 0) is 0 Å². The molecule has 0 fully saturated rings. The number of rotatable bonds is 8. The Bertz CT molecular complexity index is 1550. The monoisotopic (exact) mass is 735 g/mol. The standard InChI is InChI=1S/C30H31I2N3O3/c1-7-37-27-12-19(6)23(15-22(27)17(2)3)29-34-26-11-9-8-10-21(26)30(36)35(29)33-16-20-13-24(31)28(25(32)14-20)38-18(4)5/h8-18H,7H2,1-6H3. The van der Waals surface area contributed by atoms with Crippen molar-refractivity contribution in [2.45, 2.75) is 53.6 Å². The molecular weight excluding hydrogens is 704 g/mol. The van der Waals surface area contributed by atoms with Crippen molar-refractivity contribution < 1.29 is 9.47 Å². The van der Waals surface area contributed by atoms with E-state index in [1.54, 1.807) is 12.3 Å². The first-order valence-electron chi connectivity index (χ1n) is 12.6. The fourth-order valence-corrected chi connectivity index (χ4v) is 6.27. The second kappa shape index (κ2) is 12.1. The zero-order chi connectivity index (χ0) is 27.6. The summed E-state index contributed by atoms with van der Waals surface area (Å²) in [4.78, 5) is 18.6. The molecule has 8 heteroatoms. The van der Waals surface area contributed by atoms with Gasteiger partial charge in [-0.15, -0.1) is 0 Å². The summed E-state index contributed by atoms with van der Waals surface area (Å²) < 4.78 is 15.3. The Kier molecular flexibility index (Phi) is 9.12. The molecule has 1 heterocycles.